The van der Waals surface area contributed by atoms with Crippen LogP contribution in [0, 0.1) is 12.0 Å². The maximum Gasteiger partial charge on any atom is 0.389 e. The fraction of sp³-hybridized carbons (Fsp3) is 0.700. The summed E-state index contributed by atoms with van der Waals surface area (Å²) in [5, 5.41) is 19.9. The molecule has 0 heterocycles. The highest BCUT2D eigenvalue weighted by molar-refractivity contribution is 5.73. The molecule has 0 unspecified atom stereocenters. The normalized spacial score (nSPS) is 11.7. The lowest BCUT2D eigenvalue weighted by Crippen LogP contribution is -2.41. The number of hydrogen-bond acceptors (Lipinski definition) is 3. The Morgan fingerprint density at radius 2 is 2.00 bits per heavy atom. The van der Waals surface area contributed by atoms with Crippen molar-refractivity contribution in [1.82, 2.24) is 5.32 Å². The van der Waals surface area contributed by atoms with E-state index in [0.29, 0.717) is 13.0 Å². The van der Waals surface area contributed by atoms with Crippen LogP contribution in [0.15, 0.2) is 0 Å². The van der Waals surface area contributed by atoms with E-state index in [0.717, 1.165) is 0 Å². The second kappa shape index (κ2) is 7.65. The van der Waals surface area contributed by atoms with E-state index in [-0.39, 0.29) is 12.5 Å². The summed E-state index contributed by atoms with van der Waals surface area (Å²) in [7, 11) is 0. The molecule has 16 heavy (non-hydrogen) atoms. The number of carbonyl (C=O) groups is 2. The summed E-state index contributed by atoms with van der Waals surface area (Å²) in [5.41, 5.74) is 0. The highest BCUT2D eigenvalue weighted by Gasteiger charge is 2.19. The molecule has 0 amide bonds. The SMILES string of the molecule is CC(C)[C@H](NCCC#[N+]CC(=O)O)C(=O)O. The van der Waals surface area contributed by atoms with Crippen molar-refractivity contribution in [3.63, 3.8) is 0 Å². The smallest absolute Gasteiger partial charge is 0.389 e. The number of nitrogens with zero attached hydrogens (tertiary/aromatic N) is 1. The molecule has 0 spiro atoms. The quantitative estimate of drug-likeness (QED) is 0.577. The van der Waals surface area contributed by atoms with Crippen LogP contribution in [0.4, 0.5) is 0 Å². The Kier molecular flexibility index (Phi) is 6.88. The Balaban J connectivity index is 3.82. The summed E-state index contributed by atoms with van der Waals surface area (Å²) in [6, 6.07) is 1.94. The first-order valence-corrected chi connectivity index (χ1v) is 5.02. The second-order valence-electron chi connectivity index (χ2n) is 3.63. The molecule has 0 bridgehead atoms. The first-order chi connectivity index (χ1) is 7.45. The lowest BCUT2D eigenvalue weighted by Gasteiger charge is -2.16. The summed E-state index contributed by atoms with van der Waals surface area (Å²) in [6.07, 6.45) is 0.393. The van der Waals surface area contributed by atoms with E-state index in [1.165, 1.54) is 0 Å². The van der Waals surface area contributed by atoms with Crippen molar-refractivity contribution in [2.24, 2.45) is 5.92 Å². The Morgan fingerprint density at radius 1 is 1.38 bits per heavy atom. The largest absolute Gasteiger partial charge is 0.480 e. The van der Waals surface area contributed by atoms with E-state index in [1.807, 2.05) is 13.8 Å². The molecule has 0 saturated carbocycles. The van der Waals surface area contributed by atoms with Gasteiger partial charge in [0.1, 0.15) is 6.04 Å². The summed E-state index contributed by atoms with van der Waals surface area (Å²) in [6.45, 7) is 3.74. The average molecular weight is 229 g/mol. The van der Waals surface area contributed by atoms with Crippen LogP contribution in [0.25, 0.3) is 4.85 Å². The lowest BCUT2D eigenvalue weighted by atomic mass is 10.1. The Bertz CT molecular complexity index is 304. The van der Waals surface area contributed by atoms with Crippen LogP contribution < -0.4 is 5.32 Å². The number of carboxylic acid groups (broad SMARTS) is 2. The first-order valence-electron chi connectivity index (χ1n) is 5.02. The van der Waals surface area contributed by atoms with Crippen LogP contribution in [-0.2, 0) is 9.59 Å². The molecular weight excluding hydrogens is 212 g/mol. The molecule has 3 N–H and O–H groups in total. The third kappa shape index (κ3) is 6.79. The molecule has 6 heteroatoms. The molecule has 0 aliphatic heterocycles. The highest BCUT2D eigenvalue weighted by atomic mass is 16.4. The molecule has 0 aromatic rings. The van der Waals surface area contributed by atoms with Crippen molar-refractivity contribution in [1.29, 1.82) is 0 Å². The minimum Gasteiger partial charge on any atom is -0.480 e. The fourth-order valence-electron chi connectivity index (χ4n) is 1.09. The number of aliphatic carboxylic acids is 2. The minimum atomic E-state index is -1.01. The van der Waals surface area contributed by atoms with Gasteiger partial charge in [-0.05, 0) is 5.92 Å². The summed E-state index contributed by atoms with van der Waals surface area (Å²) >= 11 is 0. The van der Waals surface area contributed by atoms with Crippen molar-refractivity contribution < 1.29 is 19.8 Å². The van der Waals surface area contributed by atoms with E-state index in [9.17, 15) is 9.59 Å². The van der Waals surface area contributed by atoms with Crippen molar-refractivity contribution in [3.05, 3.63) is 4.85 Å². The van der Waals surface area contributed by atoms with Gasteiger partial charge in [-0.1, -0.05) is 18.7 Å². The van der Waals surface area contributed by atoms with Gasteiger partial charge in [-0.25, -0.2) is 4.79 Å². The zero-order valence-electron chi connectivity index (χ0n) is 9.43. The summed E-state index contributed by atoms with van der Waals surface area (Å²) < 4.78 is 0. The van der Waals surface area contributed by atoms with Gasteiger partial charge in [0.15, 0.2) is 0 Å². The minimum absolute atomic E-state index is 0.00606. The predicted molar refractivity (Wildman–Crippen MR) is 58.6 cm³/mol. The average Bonchev–Trinajstić information content (AvgIpc) is 2.14. The number of rotatable bonds is 6. The molecule has 0 aromatic carbocycles. The van der Waals surface area contributed by atoms with E-state index in [1.54, 1.807) is 0 Å². The third-order valence-corrected chi connectivity index (χ3v) is 1.86. The third-order valence-electron chi connectivity index (χ3n) is 1.86. The van der Waals surface area contributed by atoms with Crippen molar-refractivity contribution in [2.75, 3.05) is 13.1 Å². The van der Waals surface area contributed by atoms with E-state index < -0.39 is 18.0 Å². The molecule has 6 nitrogen and oxygen atoms in total. The molecule has 0 aliphatic rings. The van der Waals surface area contributed by atoms with Crippen molar-refractivity contribution >= 4 is 11.9 Å². The molecule has 1 atom stereocenters. The predicted octanol–water partition coefficient (Wildman–Crippen LogP) is 0.493. The molecule has 90 valence electrons. The standard InChI is InChI=1S/C10H16N2O4/c1-7(2)9(10(15)16)12-5-3-4-11-6-8(13)14/h7,9,12H,3,5-6H2,1-2H3,(H-,13,14,15,16)/p+1/t9-/m0/s1. The van der Waals surface area contributed by atoms with Gasteiger partial charge in [0, 0.05) is 6.54 Å². The maximum absolute atomic E-state index is 10.8. The number of carboxylic acids is 2. The molecular formula is C10H17N2O4+. The number of nitrogens with one attached hydrogen (secondary N) is 1. The Labute approximate surface area is 94.1 Å². The van der Waals surface area contributed by atoms with Gasteiger partial charge in [-0.3, -0.25) is 4.79 Å². The molecule has 0 aliphatic carbocycles. The topological polar surface area (TPSA) is 91.0 Å². The van der Waals surface area contributed by atoms with Crippen LogP contribution in [0.1, 0.15) is 20.3 Å². The van der Waals surface area contributed by atoms with Crippen LogP contribution in [0.2, 0.25) is 0 Å². The van der Waals surface area contributed by atoms with Crippen molar-refractivity contribution in [3.8, 4) is 6.07 Å². The Hall–Kier alpha value is -1.61. The molecule has 0 rings (SSSR count). The molecule has 0 saturated heterocycles. The van der Waals surface area contributed by atoms with Gasteiger partial charge in [0.25, 0.3) is 6.07 Å². The fourth-order valence-corrected chi connectivity index (χ4v) is 1.09. The summed E-state index contributed by atoms with van der Waals surface area (Å²) in [5.74, 6) is -1.91. The molecule has 0 aromatic heterocycles. The van der Waals surface area contributed by atoms with Crippen LogP contribution in [-0.4, -0.2) is 41.3 Å². The van der Waals surface area contributed by atoms with Gasteiger partial charge >= 0.3 is 18.5 Å². The summed E-state index contributed by atoms with van der Waals surface area (Å²) in [4.78, 5) is 24.4. The van der Waals surface area contributed by atoms with Gasteiger partial charge in [0.2, 0.25) is 0 Å². The van der Waals surface area contributed by atoms with Gasteiger partial charge in [0.05, 0.1) is 6.42 Å². The molecule has 0 radical (unpaired) electrons. The second-order valence-corrected chi connectivity index (χ2v) is 3.63. The lowest BCUT2D eigenvalue weighted by molar-refractivity contribution is -0.140. The van der Waals surface area contributed by atoms with Crippen LogP contribution in [0.3, 0.4) is 0 Å². The van der Waals surface area contributed by atoms with Gasteiger partial charge in [-0.15, -0.1) is 0 Å². The van der Waals surface area contributed by atoms with E-state index in [4.69, 9.17) is 10.2 Å². The van der Waals surface area contributed by atoms with Gasteiger partial charge in [-0.2, -0.15) is 0 Å². The highest BCUT2D eigenvalue weighted by Crippen LogP contribution is 2.01. The maximum atomic E-state index is 10.8. The Morgan fingerprint density at radius 3 is 2.44 bits per heavy atom. The van der Waals surface area contributed by atoms with Crippen LogP contribution in [0.5, 0.6) is 0 Å². The van der Waals surface area contributed by atoms with E-state index >= 15 is 0 Å². The molecule has 0 fully saturated rings. The van der Waals surface area contributed by atoms with Gasteiger partial charge < -0.3 is 15.5 Å². The zero-order valence-corrected chi connectivity index (χ0v) is 9.43. The number of hydrogen-bond donors (Lipinski definition) is 3. The van der Waals surface area contributed by atoms with Crippen LogP contribution >= 0.6 is 0 Å². The first kappa shape index (κ1) is 14.4. The van der Waals surface area contributed by atoms with E-state index in [2.05, 4.69) is 16.2 Å². The zero-order chi connectivity index (χ0) is 12.6. The van der Waals surface area contributed by atoms with Crippen molar-refractivity contribution in [2.45, 2.75) is 26.3 Å². The monoisotopic (exact) mass is 229 g/mol.